The molecule has 2 N–H and O–H groups in total. The highest BCUT2D eigenvalue weighted by atomic mass is 32.1. The van der Waals surface area contributed by atoms with Gasteiger partial charge in [-0.25, -0.2) is 0 Å². The van der Waals surface area contributed by atoms with Gasteiger partial charge in [0, 0.05) is 29.5 Å². The number of aromatic nitrogens is 3. The Balaban J connectivity index is 1.68. The molecular weight excluding hydrogens is 418 g/mol. The summed E-state index contributed by atoms with van der Waals surface area (Å²) in [7, 11) is 0. The Morgan fingerprint density at radius 1 is 0.969 bits per heavy atom. The number of hydrogen-bond acceptors (Lipinski definition) is 4. The molecule has 1 fully saturated rings. The number of phenolic OH excluding ortho intramolecular Hbond substituents is 1. The van der Waals surface area contributed by atoms with E-state index in [1.54, 1.807) is 24.5 Å². The fourth-order valence-corrected chi connectivity index (χ4v) is 4.88. The zero-order chi connectivity index (χ0) is 22.2. The Kier molecular flexibility index (Phi) is 5.11. The van der Waals surface area contributed by atoms with Crippen molar-refractivity contribution in [3.63, 3.8) is 0 Å². The summed E-state index contributed by atoms with van der Waals surface area (Å²) in [5.74, 6) is 0.222. The van der Waals surface area contributed by atoms with Crippen LogP contribution in [-0.4, -0.2) is 24.8 Å². The van der Waals surface area contributed by atoms with Crippen molar-refractivity contribution < 1.29 is 5.11 Å². The zero-order valence-corrected chi connectivity index (χ0v) is 18.6. The van der Waals surface area contributed by atoms with Crippen LogP contribution in [0.3, 0.4) is 0 Å². The first-order chi connectivity index (χ1) is 15.5. The maximum atomic E-state index is 9.80. The molecule has 4 heterocycles. The van der Waals surface area contributed by atoms with Gasteiger partial charge in [0.05, 0.1) is 29.7 Å². The van der Waals surface area contributed by atoms with Crippen molar-refractivity contribution in [2.24, 2.45) is 0 Å². The van der Waals surface area contributed by atoms with E-state index in [0.717, 1.165) is 34.0 Å². The quantitative estimate of drug-likeness (QED) is 0.445. The van der Waals surface area contributed by atoms with Crippen molar-refractivity contribution in [1.82, 2.24) is 19.9 Å². The number of phenols is 1. The van der Waals surface area contributed by atoms with E-state index >= 15 is 0 Å². The third-order valence-electron chi connectivity index (χ3n) is 5.92. The molecule has 0 amide bonds. The summed E-state index contributed by atoms with van der Waals surface area (Å²) >= 11 is 5.79. The number of aromatic hydroxyl groups is 1. The van der Waals surface area contributed by atoms with Crippen LogP contribution in [0.15, 0.2) is 79.3 Å². The van der Waals surface area contributed by atoms with Crippen molar-refractivity contribution in [3.8, 4) is 11.4 Å². The van der Waals surface area contributed by atoms with E-state index in [4.69, 9.17) is 12.2 Å². The lowest BCUT2D eigenvalue weighted by atomic mass is 9.96. The van der Waals surface area contributed by atoms with Gasteiger partial charge in [-0.05, 0) is 86.2 Å². The topological polar surface area (TPSA) is 66.2 Å². The molecule has 0 radical (unpaired) electrons. The highest BCUT2D eigenvalue weighted by molar-refractivity contribution is 7.80. The summed E-state index contributed by atoms with van der Waals surface area (Å²) in [4.78, 5) is 11.0. The molecular formula is C25H23N5OS. The van der Waals surface area contributed by atoms with Crippen molar-refractivity contribution in [3.05, 3.63) is 102 Å². The van der Waals surface area contributed by atoms with Gasteiger partial charge in [-0.2, -0.15) is 0 Å². The summed E-state index contributed by atoms with van der Waals surface area (Å²) in [6.07, 6.45) is 5.45. The number of nitrogens with zero attached hydrogens (tertiary/aromatic N) is 4. The molecule has 2 atom stereocenters. The van der Waals surface area contributed by atoms with Gasteiger partial charge in [0.2, 0.25) is 0 Å². The number of thiocarbonyl (C=S) groups is 1. The Labute approximate surface area is 192 Å². The predicted octanol–water partition coefficient (Wildman–Crippen LogP) is 4.77. The normalized spacial score (nSPS) is 18.1. The molecule has 1 aliphatic rings. The van der Waals surface area contributed by atoms with E-state index in [0.29, 0.717) is 5.11 Å². The average Bonchev–Trinajstić information content (AvgIpc) is 3.31. The standard InChI is InChI=1S/C25H23N5OS/c1-16-14-21(17(2)29(16)19-6-5-12-26-15-19)24-23(22-7-3-4-13-27-22)28-25(32)30(24)18-8-10-20(31)11-9-18/h3-15,23-24,31H,1-2H3,(H,28,32)/t23-,24-/m0/s1. The van der Waals surface area contributed by atoms with Gasteiger partial charge in [0.25, 0.3) is 0 Å². The van der Waals surface area contributed by atoms with E-state index in [-0.39, 0.29) is 17.8 Å². The molecule has 5 rings (SSSR count). The van der Waals surface area contributed by atoms with E-state index in [1.165, 1.54) is 0 Å². The third-order valence-corrected chi connectivity index (χ3v) is 6.23. The maximum absolute atomic E-state index is 9.80. The Hall–Kier alpha value is -3.71. The lowest BCUT2D eigenvalue weighted by Gasteiger charge is -2.28. The van der Waals surface area contributed by atoms with Crippen LogP contribution in [0.25, 0.3) is 5.69 Å². The smallest absolute Gasteiger partial charge is 0.174 e. The first-order valence-electron chi connectivity index (χ1n) is 10.4. The first-order valence-corrected chi connectivity index (χ1v) is 10.8. The van der Waals surface area contributed by atoms with Crippen LogP contribution >= 0.6 is 12.2 Å². The minimum atomic E-state index is -0.125. The lowest BCUT2D eigenvalue weighted by Crippen LogP contribution is -2.29. The molecule has 0 spiro atoms. The van der Waals surface area contributed by atoms with Crippen LogP contribution in [0, 0.1) is 13.8 Å². The summed E-state index contributed by atoms with van der Waals surface area (Å²) in [6, 6.07) is 19.0. The molecule has 0 aliphatic carbocycles. The number of hydrogen-bond donors (Lipinski definition) is 2. The number of pyridine rings is 2. The van der Waals surface area contributed by atoms with Gasteiger partial charge >= 0.3 is 0 Å². The van der Waals surface area contributed by atoms with E-state index < -0.39 is 0 Å². The Bertz CT molecular complexity index is 1260. The molecule has 6 nitrogen and oxygen atoms in total. The molecule has 0 bridgehead atoms. The fourth-order valence-electron chi connectivity index (χ4n) is 4.53. The van der Waals surface area contributed by atoms with Gasteiger partial charge in [-0.3, -0.25) is 9.97 Å². The van der Waals surface area contributed by atoms with Gasteiger partial charge in [-0.15, -0.1) is 0 Å². The van der Waals surface area contributed by atoms with Crippen molar-refractivity contribution in [2.75, 3.05) is 4.90 Å². The van der Waals surface area contributed by atoms with Crippen molar-refractivity contribution >= 4 is 23.0 Å². The molecule has 4 aromatic rings. The van der Waals surface area contributed by atoms with E-state index in [2.05, 4.69) is 50.7 Å². The largest absolute Gasteiger partial charge is 0.508 e. The summed E-state index contributed by atoms with van der Waals surface area (Å²) in [5.41, 5.74) is 6.25. The molecule has 1 aliphatic heterocycles. The van der Waals surface area contributed by atoms with Gasteiger partial charge in [0.1, 0.15) is 5.75 Å². The number of aryl methyl sites for hydroxylation is 1. The van der Waals surface area contributed by atoms with Crippen molar-refractivity contribution in [2.45, 2.75) is 25.9 Å². The summed E-state index contributed by atoms with van der Waals surface area (Å²) in [6.45, 7) is 4.23. The minimum absolute atomic E-state index is 0.112. The molecule has 0 saturated carbocycles. The van der Waals surface area contributed by atoms with Crippen LogP contribution in [0.5, 0.6) is 5.75 Å². The van der Waals surface area contributed by atoms with Crippen LogP contribution in [0.4, 0.5) is 5.69 Å². The molecule has 3 aromatic heterocycles. The number of benzene rings is 1. The molecule has 7 heteroatoms. The molecule has 0 unspecified atom stereocenters. The van der Waals surface area contributed by atoms with E-state index in [1.807, 2.05) is 42.6 Å². The monoisotopic (exact) mass is 441 g/mol. The predicted molar refractivity (Wildman–Crippen MR) is 129 cm³/mol. The van der Waals surface area contributed by atoms with Crippen LogP contribution in [-0.2, 0) is 0 Å². The Morgan fingerprint density at radius 3 is 2.47 bits per heavy atom. The first kappa shape index (κ1) is 20.2. The SMILES string of the molecule is Cc1cc([C@H]2[C@H](c3ccccn3)NC(=S)N2c2ccc(O)cc2)c(C)n1-c1cccnc1. The van der Waals surface area contributed by atoms with Gasteiger partial charge < -0.3 is 19.9 Å². The van der Waals surface area contributed by atoms with Gasteiger partial charge in [0.15, 0.2) is 5.11 Å². The molecule has 32 heavy (non-hydrogen) atoms. The van der Waals surface area contributed by atoms with Crippen molar-refractivity contribution in [1.29, 1.82) is 0 Å². The fraction of sp³-hybridized carbons (Fsp3) is 0.160. The minimum Gasteiger partial charge on any atom is -0.508 e. The van der Waals surface area contributed by atoms with Crippen LogP contribution in [0.2, 0.25) is 0 Å². The molecule has 160 valence electrons. The zero-order valence-electron chi connectivity index (χ0n) is 17.8. The summed E-state index contributed by atoms with van der Waals surface area (Å²) < 4.78 is 2.22. The highest BCUT2D eigenvalue weighted by Gasteiger charge is 2.42. The van der Waals surface area contributed by atoms with E-state index in [9.17, 15) is 5.11 Å². The number of rotatable bonds is 4. The highest BCUT2D eigenvalue weighted by Crippen LogP contribution is 2.43. The van der Waals surface area contributed by atoms with Crippen LogP contribution in [0.1, 0.15) is 34.7 Å². The molecule has 1 saturated heterocycles. The lowest BCUT2D eigenvalue weighted by molar-refractivity contribution is 0.475. The summed E-state index contributed by atoms with van der Waals surface area (Å²) in [5, 5.41) is 13.9. The second-order valence-electron chi connectivity index (χ2n) is 7.89. The Morgan fingerprint density at radius 2 is 1.78 bits per heavy atom. The second-order valence-corrected chi connectivity index (χ2v) is 8.27. The molecule has 1 aromatic carbocycles. The average molecular weight is 442 g/mol. The number of nitrogens with one attached hydrogen (secondary N) is 1. The van der Waals surface area contributed by atoms with Gasteiger partial charge in [-0.1, -0.05) is 6.07 Å². The second kappa shape index (κ2) is 8.09. The van der Waals surface area contributed by atoms with Crippen LogP contribution < -0.4 is 10.2 Å². The third kappa shape index (κ3) is 3.40. The maximum Gasteiger partial charge on any atom is 0.174 e. The number of anilines is 1.